The summed E-state index contributed by atoms with van der Waals surface area (Å²) in [5.41, 5.74) is 2.37. The Morgan fingerprint density at radius 2 is 1.89 bits per heavy atom. The molecular weight excluding hydrogens is 346 g/mol. The molecule has 2 aromatic rings. The molecule has 0 aliphatic carbocycles. The van der Waals surface area contributed by atoms with Gasteiger partial charge in [0.15, 0.2) is 0 Å². The number of benzene rings is 1. The summed E-state index contributed by atoms with van der Waals surface area (Å²) in [6.45, 7) is 6.53. The van der Waals surface area contributed by atoms with E-state index in [0.717, 1.165) is 11.1 Å². The van der Waals surface area contributed by atoms with Crippen LogP contribution in [0.2, 0.25) is 0 Å². The average molecular weight is 367 g/mol. The number of fused-ring (bicyclic) bond motifs is 1. The van der Waals surface area contributed by atoms with Gasteiger partial charge in [-0.15, -0.1) is 0 Å². The van der Waals surface area contributed by atoms with E-state index in [1.165, 1.54) is 4.57 Å². The number of ether oxygens (including phenoxy) is 1. The van der Waals surface area contributed by atoms with Crippen molar-refractivity contribution < 1.29 is 9.53 Å². The largest absolute Gasteiger partial charge is 0.456 e. The fraction of sp³-hybridized carbons (Fsp3) is 0.350. The zero-order valence-electron chi connectivity index (χ0n) is 15.5. The lowest BCUT2D eigenvalue weighted by atomic mass is 9.82. The van der Waals surface area contributed by atoms with E-state index in [4.69, 9.17) is 4.74 Å². The highest BCUT2D eigenvalue weighted by Gasteiger charge is 2.41. The number of hydrogen-bond donors (Lipinski definition) is 2. The Kier molecular flexibility index (Phi) is 4.02. The maximum Gasteiger partial charge on any atom is 0.337 e. The standard InChI is InChI=1S/C20H21N3O4/c1-10(2)8-23-17-16(18(24)22-20(23)26)14(12-6-4-11(3)5-7-12)15-13(21-17)9-27-19(15)25/h4-7,10,14,21H,8-9H2,1-3H3,(H,22,24,26)/t14-/m0/s1. The van der Waals surface area contributed by atoms with E-state index in [-0.39, 0.29) is 12.5 Å². The van der Waals surface area contributed by atoms with Crippen LogP contribution < -0.4 is 16.6 Å². The molecule has 0 unspecified atom stereocenters. The summed E-state index contributed by atoms with van der Waals surface area (Å²) in [6, 6.07) is 7.69. The zero-order chi connectivity index (χ0) is 19.3. The second-order valence-corrected chi connectivity index (χ2v) is 7.46. The van der Waals surface area contributed by atoms with Gasteiger partial charge in [0.1, 0.15) is 12.4 Å². The molecule has 1 aromatic carbocycles. The molecule has 2 aliphatic rings. The molecule has 7 heteroatoms. The van der Waals surface area contributed by atoms with E-state index in [1.54, 1.807) is 0 Å². The maximum absolute atomic E-state index is 12.8. The van der Waals surface area contributed by atoms with Gasteiger partial charge in [0.05, 0.1) is 22.8 Å². The molecule has 0 saturated carbocycles. The molecular formula is C20H21N3O4. The number of anilines is 1. The normalized spacial score (nSPS) is 18.2. The van der Waals surface area contributed by atoms with Crippen molar-refractivity contribution in [3.63, 3.8) is 0 Å². The predicted octanol–water partition coefficient (Wildman–Crippen LogP) is 1.87. The number of carbonyl (C=O) groups is 1. The van der Waals surface area contributed by atoms with E-state index < -0.39 is 23.1 Å². The van der Waals surface area contributed by atoms with Gasteiger partial charge >= 0.3 is 11.7 Å². The second-order valence-electron chi connectivity index (χ2n) is 7.46. The summed E-state index contributed by atoms with van der Waals surface area (Å²) in [4.78, 5) is 40.1. The molecule has 0 fully saturated rings. The third-order valence-electron chi connectivity index (χ3n) is 4.93. The van der Waals surface area contributed by atoms with Crippen LogP contribution in [0.4, 0.5) is 5.82 Å². The van der Waals surface area contributed by atoms with Crippen molar-refractivity contribution >= 4 is 11.8 Å². The molecule has 7 nitrogen and oxygen atoms in total. The highest BCUT2D eigenvalue weighted by atomic mass is 16.5. The number of hydrogen-bond acceptors (Lipinski definition) is 5. The predicted molar refractivity (Wildman–Crippen MR) is 101 cm³/mol. The number of aromatic nitrogens is 2. The van der Waals surface area contributed by atoms with Crippen LogP contribution in [0, 0.1) is 12.8 Å². The first-order valence-corrected chi connectivity index (χ1v) is 8.97. The molecule has 0 saturated heterocycles. The summed E-state index contributed by atoms with van der Waals surface area (Å²) in [6.07, 6.45) is 0. The molecule has 0 radical (unpaired) electrons. The minimum absolute atomic E-state index is 0.110. The Bertz CT molecular complexity index is 1070. The quantitative estimate of drug-likeness (QED) is 0.808. The van der Waals surface area contributed by atoms with Crippen LogP contribution in [-0.4, -0.2) is 22.1 Å². The number of esters is 1. The number of nitrogens with one attached hydrogen (secondary N) is 2. The highest BCUT2D eigenvalue weighted by molar-refractivity contribution is 5.96. The van der Waals surface area contributed by atoms with Crippen molar-refractivity contribution in [2.24, 2.45) is 5.92 Å². The van der Waals surface area contributed by atoms with Gasteiger partial charge in [-0.3, -0.25) is 14.3 Å². The Balaban J connectivity index is 2.01. The van der Waals surface area contributed by atoms with E-state index in [0.29, 0.717) is 29.2 Å². The van der Waals surface area contributed by atoms with Gasteiger partial charge in [0.2, 0.25) is 0 Å². The first-order valence-electron chi connectivity index (χ1n) is 8.97. The number of rotatable bonds is 3. The van der Waals surface area contributed by atoms with Gasteiger partial charge in [0.25, 0.3) is 5.56 Å². The van der Waals surface area contributed by atoms with E-state index in [2.05, 4.69) is 10.3 Å². The Hall–Kier alpha value is -3.09. The van der Waals surface area contributed by atoms with Crippen LogP contribution >= 0.6 is 0 Å². The fourth-order valence-corrected chi connectivity index (χ4v) is 3.72. The summed E-state index contributed by atoms with van der Waals surface area (Å²) in [7, 11) is 0. The topological polar surface area (TPSA) is 93.2 Å². The minimum atomic E-state index is -0.574. The smallest absolute Gasteiger partial charge is 0.337 e. The van der Waals surface area contributed by atoms with Gasteiger partial charge in [0, 0.05) is 6.54 Å². The molecule has 1 aromatic heterocycles. The van der Waals surface area contributed by atoms with Gasteiger partial charge in [-0.1, -0.05) is 43.7 Å². The number of nitrogens with zero attached hydrogens (tertiary/aromatic N) is 1. The van der Waals surface area contributed by atoms with Gasteiger partial charge in [-0.2, -0.15) is 0 Å². The van der Waals surface area contributed by atoms with Crippen LogP contribution in [0.1, 0.15) is 36.5 Å². The number of carbonyl (C=O) groups excluding carboxylic acids is 1. The molecule has 1 atom stereocenters. The molecule has 0 bridgehead atoms. The van der Waals surface area contributed by atoms with Crippen LogP contribution in [-0.2, 0) is 16.1 Å². The Morgan fingerprint density at radius 3 is 2.56 bits per heavy atom. The molecule has 140 valence electrons. The summed E-state index contributed by atoms with van der Waals surface area (Å²) < 4.78 is 6.76. The monoisotopic (exact) mass is 367 g/mol. The lowest BCUT2D eigenvalue weighted by Crippen LogP contribution is -2.39. The lowest BCUT2D eigenvalue weighted by molar-refractivity contribution is -0.136. The minimum Gasteiger partial charge on any atom is -0.456 e. The third kappa shape index (κ3) is 2.79. The number of H-pyrrole nitrogens is 1. The molecule has 0 amide bonds. The summed E-state index contributed by atoms with van der Waals surface area (Å²) in [5, 5.41) is 3.13. The molecule has 0 spiro atoms. The SMILES string of the molecule is Cc1ccc([C@H]2C3=C(COC3=O)Nc3c2c(=O)[nH]c(=O)n3CC(C)C)cc1. The first-order chi connectivity index (χ1) is 12.9. The number of aromatic amines is 1. The van der Waals surface area contributed by atoms with E-state index in [1.807, 2.05) is 45.0 Å². The first kappa shape index (κ1) is 17.3. The average Bonchev–Trinajstić information content (AvgIpc) is 2.98. The van der Waals surface area contributed by atoms with E-state index in [9.17, 15) is 14.4 Å². The third-order valence-corrected chi connectivity index (χ3v) is 4.93. The Labute approximate surface area is 155 Å². The molecule has 2 aliphatic heterocycles. The number of cyclic esters (lactones) is 1. The van der Waals surface area contributed by atoms with Crippen molar-refractivity contribution in [1.82, 2.24) is 9.55 Å². The fourth-order valence-electron chi connectivity index (χ4n) is 3.72. The second kappa shape index (κ2) is 6.26. The highest BCUT2D eigenvalue weighted by Crippen LogP contribution is 2.42. The van der Waals surface area contributed by atoms with Gasteiger partial charge < -0.3 is 10.1 Å². The van der Waals surface area contributed by atoms with Crippen LogP contribution in [0.15, 0.2) is 45.1 Å². The van der Waals surface area contributed by atoms with Crippen molar-refractivity contribution in [3.05, 3.63) is 73.1 Å². The van der Waals surface area contributed by atoms with Gasteiger partial charge in [-0.05, 0) is 18.4 Å². The number of aryl methyl sites for hydroxylation is 1. The molecule has 27 heavy (non-hydrogen) atoms. The summed E-state index contributed by atoms with van der Waals surface area (Å²) >= 11 is 0. The molecule has 3 heterocycles. The Morgan fingerprint density at radius 1 is 1.19 bits per heavy atom. The zero-order valence-corrected chi connectivity index (χ0v) is 15.5. The van der Waals surface area contributed by atoms with E-state index >= 15 is 0 Å². The van der Waals surface area contributed by atoms with Gasteiger partial charge in [-0.25, -0.2) is 9.59 Å². The van der Waals surface area contributed by atoms with Crippen molar-refractivity contribution in [2.45, 2.75) is 33.2 Å². The van der Waals surface area contributed by atoms with Crippen LogP contribution in [0.25, 0.3) is 0 Å². The van der Waals surface area contributed by atoms with Crippen LogP contribution in [0.5, 0.6) is 0 Å². The lowest BCUT2D eigenvalue weighted by Gasteiger charge is -2.28. The van der Waals surface area contributed by atoms with Crippen molar-refractivity contribution in [1.29, 1.82) is 0 Å². The molecule has 4 rings (SSSR count). The van der Waals surface area contributed by atoms with Crippen LogP contribution in [0.3, 0.4) is 0 Å². The molecule has 2 N–H and O–H groups in total. The summed E-state index contributed by atoms with van der Waals surface area (Å²) in [5.74, 6) is -0.362. The maximum atomic E-state index is 12.8. The van der Waals surface area contributed by atoms with Crippen molar-refractivity contribution in [3.8, 4) is 0 Å². The van der Waals surface area contributed by atoms with Crippen molar-refractivity contribution in [2.75, 3.05) is 11.9 Å².